The summed E-state index contributed by atoms with van der Waals surface area (Å²) in [4.78, 5) is 13.3. The lowest BCUT2D eigenvalue weighted by Crippen LogP contribution is -2.30. The Bertz CT molecular complexity index is 228. The zero-order chi connectivity index (χ0) is 9.84. The van der Waals surface area contributed by atoms with E-state index in [4.69, 9.17) is 5.26 Å². The van der Waals surface area contributed by atoms with Crippen LogP contribution in [-0.2, 0) is 4.79 Å². The highest BCUT2D eigenvalue weighted by Crippen LogP contribution is 2.29. The van der Waals surface area contributed by atoms with Gasteiger partial charge < -0.3 is 0 Å². The molecule has 1 fully saturated rings. The minimum Gasteiger partial charge on any atom is -0.298 e. The van der Waals surface area contributed by atoms with Crippen LogP contribution in [0.3, 0.4) is 0 Å². The molecule has 0 aromatic heterocycles. The summed E-state index contributed by atoms with van der Waals surface area (Å²) >= 11 is 0. The fraction of sp³-hybridized carbons (Fsp3) is 0.800. The number of carbonyl (C=O) groups is 1. The van der Waals surface area contributed by atoms with Gasteiger partial charge in [-0.25, -0.2) is 0 Å². The maximum Gasteiger partial charge on any atom is 0.149 e. The van der Waals surface area contributed by atoms with Crippen LogP contribution in [0.2, 0.25) is 0 Å². The molecule has 0 bridgehead atoms. The Kier molecular flexibility index (Phi) is 3.44. The summed E-state index contributed by atoms with van der Waals surface area (Å²) in [6, 6.07) is 2.16. The monoisotopic (exact) mass is 180 g/mol. The van der Waals surface area contributed by atoms with Crippen molar-refractivity contribution in [3.8, 4) is 6.07 Å². The Morgan fingerprint density at radius 3 is 2.77 bits per heavy atom. The maximum absolute atomic E-state index is 11.4. The van der Waals surface area contributed by atoms with E-state index in [1.165, 1.54) is 0 Å². The van der Waals surface area contributed by atoms with Crippen molar-refractivity contribution < 1.29 is 4.79 Å². The topological polar surface area (TPSA) is 44.1 Å². The quantitative estimate of drug-likeness (QED) is 0.635. The predicted octanol–water partition coefficient (Wildman–Crippen LogP) is 1.06. The van der Waals surface area contributed by atoms with E-state index in [0.29, 0.717) is 24.8 Å². The van der Waals surface area contributed by atoms with E-state index in [0.717, 1.165) is 12.8 Å². The van der Waals surface area contributed by atoms with Gasteiger partial charge in [0, 0.05) is 12.5 Å². The number of hydrogen-bond donors (Lipinski definition) is 0. The molecule has 1 atom stereocenters. The lowest BCUT2D eigenvalue weighted by Gasteiger charge is -2.16. The number of nitrogens with zero attached hydrogens (tertiary/aromatic N) is 2. The number of carbonyl (C=O) groups excluding carboxylic acids is 1. The molecule has 1 rings (SSSR count). The Morgan fingerprint density at radius 1 is 1.69 bits per heavy atom. The van der Waals surface area contributed by atoms with Crippen molar-refractivity contribution in [2.24, 2.45) is 11.8 Å². The summed E-state index contributed by atoms with van der Waals surface area (Å²) < 4.78 is 0. The van der Waals surface area contributed by atoms with Crippen molar-refractivity contribution in [3.05, 3.63) is 0 Å². The number of ketones is 1. The first-order valence-corrected chi connectivity index (χ1v) is 4.74. The fourth-order valence-corrected chi connectivity index (χ4v) is 1.37. The largest absolute Gasteiger partial charge is 0.298 e. The van der Waals surface area contributed by atoms with Gasteiger partial charge in [0.15, 0.2) is 0 Å². The van der Waals surface area contributed by atoms with Crippen molar-refractivity contribution in [1.82, 2.24) is 4.90 Å². The first kappa shape index (κ1) is 10.2. The standard InChI is InChI=1S/C10H16N2O/c1-8(5-11)6-12(2)7-10(13)9-3-4-9/h8-9H,3-4,6-7H2,1-2H3. The van der Waals surface area contributed by atoms with Gasteiger partial charge in [0.1, 0.15) is 5.78 Å². The van der Waals surface area contributed by atoms with Crippen LogP contribution in [0.25, 0.3) is 0 Å². The van der Waals surface area contributed by atoms with Gasteiger partial charge in [0.2, 0.25) is 0 Å². The van der Waals surface area contributed by atoms with Crippen LogP contribution in [0, 0.1) is 23.2 Å². The van der Waals surface area contributed by atoms with Gasteiger partial charge in [-0.2, -0.15) is 5.26 Å². The zero-order valence-corrected chi connectivity index (χ0v) is 8.29. The molecule has 0 radical (unpaired) electrons. The van der Waals surface area contributed by atoms with Gasteiger partial charge >= 0.3 is 0 Å². The van der Waals surface area contributed by atoms with Crippen LogP contribution < -0.4 is 0 Å². The normalized spacial score (nSPS) is 18.3. The summed E-state index contributed by atoms with van der Waals surface area (Å²) in [5.41, 5.74) is 0. The van der Waals surface area contributed by atoms with Crippen molar-refractivity contribution in [1.29, 1.82) is 5.26 Å². The Balaban J connectivity index is 2.20. The first-order valence-electron chi connectivity index (χ1n) is 4.74. The SMILES string of the molecule is CC(C#N)CN(C)CC(=O)C1CC1. The Hall–Kier alpha value is -0.880. The summed E-state index contributed by atoms with van der Waals surface area (Å²) in [5, 5.41) is 8.58. The molecule has 3 nitrogen and oxygen atoms in total. The zero-order valence-electron chi connectivity index (χ0n) is 8.29. The van der Waals surface area contributed by atoms with Crippen LogP contribution >= 0.6 is 0 Å². The lowest BCUT2D eigenvalue weighted by molar-refractivity contribution is -0.121. The molecule has 3 heteroatoms. The van der Waals surface area contributed by atoms with Gasteiger partial charge in [0.25, 0.3) is 0 Å². The third-order valence-electron chi connectivity index (χ3n) is 2.26. The van der Waals surface area contributed by atoms with Crippen molar-refractivity contribution >= 4 is 5.78 Å². The molecule has 0 aliphatic heterocycles. The third-order valence-corrected chi connectivity index (χ3v) is 2.26. The van der Waals surface area contributed by atoms with E-state index in [-0.39, 0.29) is 5.92 Å². The summed E-state index contributed by atoms with van der Waals surface area (Å²) in [5.74, 6) is 0.685. The van der Waals surface area contributed by atoms with Crippen molar-refractivity contribution in [2.45, 2.75) is 19.8 Å². The average molecular weight is 180 g/mol. The number of nitriles is 1. The third kappa shape index (κ3) is 3.56. The van der Waals surface area contributed by atoms with Gasteiger partial charge in [0.05, 0.1) is 18.5 Å². The summed E-state index contributed by atoms with van der Waals surface area (Å²) in [7, 11) is 1.90. The highest BCUT2D eigenvalue weighted by molar-refractivity contribution is 5.84. The molecule has 0 N–H and O–H groups in total. The smallest absolute Gasteiger partial charge is 0.149 e. The van der Waals surface area contributed by atoms with E-state index in [1.54, 1.807) is 0 Å². The minimum atomic E-state index is 0.0111. The van der Waals surface area contributed by atoms with Crippen LogP contribution in [0.4, 0.5) is 0 Å². The summed E-state index contributed by atoms with van der Waals surface area (Å²) in [6.45, 7) is 3.07. The first-order chi connectivity index (χ1) is 6.13. The highest BCUT2D eigenvalue weighted by atomic mass is 16.1. The molecule has 13 heavy (non-hydrogen) atoms. The molecule has 1 saturated carbocycles. The molecule has 0 aromatic rings. The molecule has 1 aliphatic carbocycles. The molecule has 0 amide bonds. The molecular weight excluding hydrogens is 164 g/mol. The Labute approximate surface area is 79.3 Å². The van der Waals surface area contributed by atoms with Crippen LogP contribution in [0.1, 0.15) is 19.8 Å². The molecule has 72 valence electrons. The van der Waals surface area contributed by atoms with Crippen LogP contribution in [0.5, 0.6) is 0 Å². The van der Waals surface area contributed by atoms with Gasteiger partial charge in [-0.1, -0.05) is 0 Å². The molecule has 0 spiro atoms. The highest BCUT2D eigenvalue weighted by Gasteiger charge is 2.29. The summed E-state index contributed by atoms with van der Waals surface area (Å²) in [6.07, 6.45) is 2.14. The van der Waals surface area contributed by atoms with E-state index < -0.39 is 0 Å². The average Bonchev–Trinajstić information content (AvgIpc) is 2.85. The lowest BCUT2D eigenvalue weighted by atomic mass is 10.2. The second kappa shape index (κ2) is 4.38. The van der Waals surface area contributed by atoms with E-state index in [2.05, 4.69) is 6.07 Å². The molecule has 0 aromatic carbocycles. The minimum absolute atomic E-state index is 0.0111. The van der Waals surface area contributed by atoms with Crippen molar-refractivity contribution in [2.75, 3.05) is 20.1 Å². The second-order valence-electron chi connectivity index (χ2n) is 3.97. The predicted molar refractivity (Wildman–Crippen MR) is 50.0 cm³/mol. The van der Waals surface area contributed by atoms with E-state index in [9.17, 15) is 4.79 Å². The van der Waals surface area contributed by atoms with Gasteiger partial charge in [-0.05, 0) is 26.8 Å². The number of rotatable bonds is 5. The van der Waals surface area contributed by atoms with Crippen LogP contribution in [-0.4, -0.2) is 30.8 Å². The maximum atomic E-state index is 11.4. The number of hydrogen-bond acceptors (Lipinski definition) is 3. The number of Topliss-reactive ketones (excluding diaryl/α,β-unsaturated/α-hetero) is 1. The second-order valence-corrected chi connectivity index (χ2v) is 3.97. The van der Waals surface area contributed by atoms with Crippen molar-refractivity contribution in [3.63, 3.8) is 0 Å². The molecule has 1 aliphatic rings. The van der Waals surface area contributed by atoms with Gasteiger partial charge in [-0.3, -0.25) is 9.69 Å². The van der Waals surface area contributed by atoms with Crippen LogP contribution in [0.15, 0.2) is 0 Å². The molecule has 1 unspecified atom stereocenters. The number of likely N-dealkylation sites (N-methyl/N-ethyl adjacent to an activating group) is 1. The van der Waals surface area contributed by atoms with Gasteiger partial charge in [-0.15, -0.1) is 0 Å². The van der Waals surface area contributed by atoms with E-state index in [1.807, 2.05) is 18.9 Å². The molecular formula is C10H16N2O. The molecule has 0 heterocycles. The fourth-order valence-electron chi connectivity index (χ4n) is 1.37. The molecule has 0 saturated heterocycles. The van der Waals surface area contributed by atoms with E-state index >= 15 is 0 Å². The Morgan fingerprint density at radius 2 is 2.31 bits per heavy atom.